The highest BCUT2D eigenvalue weighted by molar-refractivity contribution is 5.34. The summed E-state index contributed by atoms with van der Waals surface area (Å²) in [5.74, 6) is 0. The molecule has 0 aliphatic heterocycles. The lowest BCUT2D eigenvalue weighted by molar-refractivity contribution is -0.384. The van der Waals surface area contributed by atoms with E-state index in [9.17, 15) is 10.1 Å². The Morgan fingerprint density at radius 2 is 2.28 bits per heavy atom. The first-order valence-electron chi connectivity index (χ1n) is 6.37. The van der Waals surface area contributed by atoms with Crippen LogP contribution in [-0.4, -0.2) is 11.5 Å². The third kappa shape index (κ3) is 3.67. The number of rotatable bonds is 6. The highest BCUT2D eigenvalue weighted by Gasteiger charge is 2.06. The molecular weight excluding hydrogens is 228 g/mol. The molecule has 1 aliphatic rings. The van der Waals surface area contributed by atoms with Crippen LogP contribution in [0.15, 0.2) is 35.9 Å². The van der Waals surface area contributed by atoms with E-state index in [1.165, 1.54) is 25.3 Å². The minimum atomic E-state index is -0.354. The number of hydrogen-bond acceptors (Lipinski definition) is 3. The van der Waals surface area contributed by atoms with Crippen LogP contribution < -0.4 is 5.32 Å². The van der Waals surface area contributed by atoms with Gasteiger partial charge in [0.25, 0.3) is 5.69 Å². The molecule has 0 heterocycles. The van der Waals surface area contributed by atoms with Gasteiger partial charge in [-0.1, -0.05) is 23.8 Å². The molecule has 0 atom stereocenters. The van der Waals surface area contributed by atoms with Crippen molar-refractivity contribution in [3.63, 3.8) is 0 Å². The van der Waals surface area contributed by atoms with Gasteiger partial charge in [-0.15, -0.1) is 0 Å². The van der Waals surface area contributed by atoms with Crippen molar-refractivity contribution in [1.29, 1.82) is 0 Å². The molecule has 96 valence electrons. The van der Waals surface area contributed by atoms with Crippen LogP contribution >= 0.6 is 0 Å². The number of allylic oxidation sites excluding steroid dienone is 1. The van der Waals surface area contributed by atoms with Crippen molar-refractivity contribution in [3.8, 4) is 0 Å². The van der Waals surface area contributed by atoms with Gasteiger partial charge in [0.15, 0.2) is 0 Å². The molecule has 0 amide bonds. The van der Waals surface area contributed by atoms with Gasteiger partial charge in [0.2, 0.25) is 0 Å². The Kier molecular flexibility index (Phi) is 4.47. The number of hydrogen-bond donors (Lipinski definition) is 1. The Hall–Kier alpha value is -1.68. The summed E-state index contributed by atoms with van der Waals surface area (Å²) in [5.41, 5.74) is 2.67. The topological polar surface area (TPSA) is 55.2 Å². The molecule has 0 saturated heterocycles. The standard InChI is InChI=1S/C14H18N2O2/c17-16(18)14-7-3-6-13(10-14)11-15-9-8-12-4-1-2-5-12/h3-4,6-7,10,15H,1-2,5,8-9,11H2. The van der Waals surface area contributed by atoms with Gasteiger partial charge in [-0.3, -0.25) is 10.1 Å². The van der Waals surface area contributed by atoms with Crippen LogP contribution in [0.1, 0.15) is 31.2 Å². The summed E-state index contributed by atoms with van der Waals surface area (Å²) < 4.78 is 0. The fourth-order valence-corrected chi connectivity index (χ4v) is 2.23. The maximum atomic E-state index is 10.6. The highest BCUT2D eigenvalue weighted by atomic mass is 16.6. The molecule has 0 spiro atoms. The average molecular weight is 246 g/mol. The Morgan fingerprint density at radius 1 is 1.39 bits per heavy atom. The fourth-order valence-electron chi connectivity index (χ4n) is 2.23. The van der Waals surface area contributed by atoms with Gasteiger partial charge < -0.3 is 5.32 Å². The molecular formula is C14H18N2O2. The molecule has 1 aromatic rings. The van der Waals surface area contributed by atoms with E-state index in [1.807, 2.05) is 6.07 Å². The molecule has 0 saturated carbocycles. The van der Waals surface area contributed by atoms with E-state index in [-0.39, 0.29) is 10.6 Å². The number of nitrogens with one attached hydrogen (secondary N) is 1. The third-order valence-corrected chi connectivity index (χ3v) is 3.21. The first-order chi connectivity index (χ1) is 8.75. The molecule has 2 rings (SSSR count). The van der Waals surface area contributed by atoms with Crippen molar-refractivity contribution in [1.82, 2.24) is 5.32 Å². The first-order valence-corrected chi connectivity index (χ1v) is 6.37. The van der Waals surface area contributed by atoms with Crippen molar-refractivity contribution in [2.45, 2.75) is 32.2 Å². The SMILES string of the molecule is O=[N+]([O-])c1cccc(CNCCC2=CCCC2)c1. The minimum absolute atomic E-state index is 0.160. The van der Waals surface area contributed by atoms with Crippen molar-refractivity contribution in [3.05, 3.63) is 51.6 Å². The summed E-state index contributed by atoms with van der Waals surface area (Å²) in [6.07, 6.45) is 7.17. The van der Waals surface area contributed by atoms with Crippen LogP contribution in [0, 0.1) is 10.1 Å². The largest absolute Gasteiger partial charge is 0.312 e. The number of nitro benzene ring substituents is 1. The Balaban J connectivity index is 1.75. The van der Waals surface area contributed by atoms with E-state index in [0.29, 0.717) is 6.54 Å². The lowest BCUT2D eigenvalue weighted by Crippen LogP contribution is -2.15. The average Bonchev–Trinajstić information content (AvgIpc) is 2.88. The Bertz CT molecular complexity index is 455. The van der Waals surface area contributed by atoms with Crippen LogP contribution in [-0.2, 0) is 6.54 Å². The molecule has 4 nitrogen and oxygen atoms in total. The van der Waals surface area contributed by atoms with Gasteiger partial charge in [0.05, 0.1) is 4.92 Å². The van der Waals surface area contributed by atoms with Gasteiger partial charge in [-0.2, -0.15) is 0 Å². The molecule has 0 unspecified atom stereocenters. The van der Waals surface area contributed by atoms with E-state index < -0.39 is 0 Å². The van der Waals surface area contributed by atoms with Crippen LogP contribution in [0.3, 0.4) is 0 Å². The Morgan fingerprint density at radius 3 is 3.00 bits per heavy atom. The maximum Gasteiger partial charge on any atom is 0.269 e. The van der Waals surface area contributed by atoms with Crippen LogP contribution in [0.5, 0.6) is 0 Å². The van der Waals surface area contributed by atoms with Crippen molar-refractivity contribution in [2.75, 3.05) is 6.54 Å². The molecule has 0 radical (unpaired) electrons. The number of nitrogens with zero attached hydrogens (tertiary/aromatic N) is 1. The summed E-state index contributed by atoms with van der Waals surface area (Å²) in [5, 5.41) is 14.0. The number of nitro groups is 1. The van der Waals surface area contributed by atoms with Gasteiger partial charge in [-0.25, -0.2) is 0 Å². The van der Waals surface area contributed by atoms with E-state index >= 15 is 0 Å². The molecule has 4 heteroatoms. The minimum Gasteiger partial charge on any atom is -0.312 e. The summed E-state index contributed by atoms with van der Waals surface area (Å²) in [4.78, 5) is 10.3. The smallest absolute Gasteiger partial charge is 0.269 e. The summed E-state index contributed by atoms with van der Waals surface area (Å²) in [6, 6.07) is 6.79. The second-order valence-corrected chi connectivity index (χ2v) is 4.61. The first kappa shape index (κ1) is 12.8. The monoisotopic (exact) mass is 246 g/mol. The molecule has 1 aromatic carbocycles. The molecule has 1 aliphatic carbocycles. The van der Waals surface area contributed by atoms with E-state index in [1.54, 1.807) is 17.7 Å². The van der Waals surface area contributed by atoms with Crippen LogP contribution in [0.4, 0.5) is 5.69 Å². The summed E-state index contributed by atoms with van der Waals surface area (Å²) in [6.45, 7) is 1.63. The number of non-ortho nitro benzene ring substituents is 1. The zero-order chi connectivity index (χ0) is 12.8. The van der Waals surface area contributed by atoms with E-state index in [4.69, 9.17) is 0 Å². The summed E-state index contributed by atoms with van der Waals surface area (Å²) in [7, 11) is 0. The molecule has 1 N–H and O–H groups in total. The zero-order valence-electron chi connectivity index (χ0n) is 10.4. The highest BCUT2D eigenvalue weighted by Crippen LogP contribution is 2.19. The van der Waals surface area contributed by atoms with Gasteiger partial charge in [0.1, 0.15) is 0 Å². The predicted octanol–water partition coefficient (Wildman–Crippen LogP) is 3.18. The predicted molar refractivity (Wildman–Crippen MR) is 71.4 cm³/mol. The Labute approximate surface area is 107 Å². The normalized spacial score (nSPS) is 14.6. The van der Waals surface area contributed by atoms with Crippen molar-refractivity contribution in [2.24, 2.45) is 0 Å². The second-order valence-electron chi connectivity index (χ2n) is 4.61. The molecule has 0 bridgehead atoms. The van der Waals surface area contributed by atoms with Gasteiger partial charge in [-0.05, 0) is 37.8 Å². The van der Waals surface area contributed by atoms with E-state index in [2.05, 4.69) is 11.4 Å². The van der Waals surface area contributed by atoms with Crippen molar-refractivity contribution >= 4 is 5.69 Å². The van der Waals surface area contributed by atoms with E-state index in [0.717, 1.165) is 18.5 Å². The quantitative estimate of drug-likeness (QED) is 0.363. The second kappa shape index (κ2) is 6.31. The lowest BCUT2D eigenvalue weighted by atomic mass is 10.1. The molecule has 18 heavy (non-hydrogen) atoms. The van der Waals surface area contributed by atoms with Crippen molar-refractivity contribution < 1.29 is 4.92 Å². The fraction of sp³-hybridized carbons (Fsp3) is 0.429. The van der Waals surface area contributed by atoms with Crippen LogP contribution in [0.25, 0.3) is 0 Å². The van der Waals surface area contributed by atoms with Gasteiger partial charge >= 0.3 is 0 Å². The third-order valence-electron chi connectivity index (χ3n) is 3.21. The zero-order valence-corrected chi connectivity index (χ0v) is 10.4. The summed E-state index contributed by atoms with van der Waals surface area (Å²) >= 11 is 0. The lowest BCUT2D eigenvalue weighted by Gasteiger charge is -2.05. The van der Waals surface area contributed by atoms with Gasteiger partial charge in [0, 0.05) is 18.7 Å². The van der Waals surface area contributed by atoms with Crippen LogP contribution in [0.2, 0.25) is 0 Å². The molecule has 0 aromatic heterocycles. The maximum absolute atomic E-state index is 10.6. The number of benzene rings is 1. The molecule has 0 fully saturated rings.